The zero-order valence-corrected chi connectivity index (χ0v) is 6.57. The van der Waals surface area contributed by atoms with Gasteiger partial charge in [0.1, 0.15) is 5.69 Å². The number of aldehydes is 1. The van der Waals surface area contributed by atoms with E-state index in [1.807, 2.05) is 0 Å². The molecule has 0 radical (unpaired) electrons. The maximum Gasteiger partial charge on any atom is 0.272 e. The molecule has 68 valence electrons. The van der Waals surface area contributed by atoms with Crippen LogP contribution in [-0.2, 0) is 0 Å². The number of aromatic nitrogens is 1. The summed E-state index contributed by atoms with van der Waals surface area (Å²) < 4.78 is 22.4. The van der Waals surface area contributed by atoms with Crippen molar-refractivity contribution in [3.63, 3.8) is 0 Å². The topological polar surface area (TPSA) is 48.4 Å². The Balaban J connectivity index is 2.38. The van der Waals surface area contributed by atoms with Crippen LogP contribution in [0.5, 0.6) is 11.5 Å². The second-order valence-corrected chi connectivity index (χ2v) is 2.51. The van der Waals surface area contributed by atoms with Gasteiger partial charge in [-0.25, -0.2) is 4.98 Å². The molecule has 4 nitrogen and oxygen atoms in total. The highest BCUT2D eigenvalue weighted by atomic mass is 19.1. The first-order valence-corrected chi connectivity index (χ1v) is 3.68. The fraction of sp³-hybridized carbons (Fsp3) is 0.250. The van der Waals surface area contributed by atoms with Gasteiger partial charge in [-0.15, -0.1) is 0 Å². The Labute approximate surface area is 73.3 Å². The minimum Gasteiger partial charge on any atom is -0.481 e. The van der Waals surface area contributed by atoms with Gasteiger partial charge in [0, 0.05) is 6.07 Å². The Morgan fingerprint density at radius 2 is 2.46 bits per heavy atom. The highest BCUT2D eigenvalue weighted by molar-refractivity contribution is 5.73. The average molecular weight is 183 g/mol. The van der Waals surface area contributed by atoms with Gasteiger partial charge in [-0.1, -0.05) is 0 Å². The number of hydrogen-bond acceptors (Lipinski definition) is 4. The molecule has 5 heteroatoms. The number of nitrogens with zero attached hydrogens (tertiary/aromatic N) is 1. The molecular weight excluding hydrogens is 177 g/mol. The summed E-state index contributed by atoms with van der Waals surface area (Å²) in [7, 11) is 0. The van der Waals surface area contributed by atoms with E-state index in [-0.39, 0.29) is 18.1 Å². The molecule has 0 aliphatic carbocycles. The average Bonchev–Trinajstić information content (AvgIpc) is 2.16. The summed E-state index contributed by atoms with van der Waals surface area (Å²) in [6, 6.07) is 1.34. The van der Waals surface area contributed by atoms with E-state index < -0.39 is 6.36 Å². The van der Waals surface area contributed by atoms with Crippen molar-refractivity contribution < 1.29 is 18.7 Å². The molecule has 0 fully saturated rings. The molecule has 2 rings (SSSR count). The molecule has 0 amide bonds. The lowest BCUT2D eigenvalue weighted by molar-refractivity contribution is -0.00328. The Morgan fingerprint density at radius 3 is 3.23 bits per heavy atom. The van der Waals surface area contributed by atoms with Crippen LogP contribution in [0.3, 0.4) is 0 Å². The quantitative estimate of drug-likeness (QED) is 0.608. The third kappa shape index (κ3) is 1.44. The zero-order chi connectivity index (χ0) is 9.26. The van der Waals surface area contributed by atoms with Gasteiger partial charge >= 0.3 is 0 Å². The first-order chi connectivity index (χ1) is 6.29. The van der Waals surface area contributed by atoms with Crippen LogP contribution >= 0.6 is 0 Å². The molecule has 0 N–H and O–H groups in total. The van der Waals surface area contributed by atoms with Crippen LogP contribution < -0.4 is 9.47 Å². The number of ether oxygens (including phenoxy) is 2. The molecule has 13 heavy (non-hydrogen) atoms. The van der Waals surface area contributed by atoms with Crippen LogP contribution in [0, 0.1) is 0 Å². The summed E-state index contributed by atoms with van der Waals surface area (Å²) in [5.74, 6) is 0.579. The molecule has 1 atom stereocenters. The molecule has 0 bridgehead atoms. The number of alkyl halides is 1. The van der Waals surface area contributed by atoms with Crippen LogP contribution in [0.4, 0.5) is 4.39 Å². The molecule has 0 saturated heterocycles. The Morgan fingerprint density at radius 1 is 1.62 bits per heavy atom. The maximum absolute atomic E-state index is 12.6. The number of carbonyl (C=O) groups excluding carboxylic acids is 1. The largest absolute Gasteiger partial charge is 0.481 e. The van der Waals surface area contributed by atoms with Crippen LogP contribution in [0.15, 0.2) is 12.3 Å². The normalized spacial score (nSPS) is 19.6. The lowest BCUT2D eigenvalue weighted by Gasteiger charge is -2.20. The van der Waals surface area contributed by atoms with Gasteiger partial charge in [-0.2, -0.15) is 4.39 Å². The molecule has 1 aliphatic rings. The van der Waals surface area contributed by atoms with Gasteiger partial charge < -0.3 is 9.47 Å². The standard InChI is InChI=1S/C8H6FNO3/c9-8-4-12-7-2-10-5(3-11)1-6(7)13-8/h1-3,8H,4H2/t8-/m1/s1. The van der Waals surface area contributed by atoms with Gasteiger partial charge in [0.2, 0.25) is 0 Å². The third-order valence-electron chi connectivity index (χ3n) is 1.60. The summed E-state index contributed by atoms with van der Waals surface area (Å²) in [5.41, 5.74) is 0.191. The predicted octanol–water partition coefficient (Wildman–Crippen LogP) is 0.961. The molecule has 2 heterocycles. The molecule has 0 saturated carbocycles. The van der Waals surface area contributed by atoms with Crippen molar-refractivity contribution in [2.45, 2.75) is 6.36 Å². The molecule has 1 aromatic heterocycles. The summed E-state index contributed by atoms with van der Waals surface area (Å²) in [6.07, 6.45) is 0.422. The van der Waals surface area contributed by atoms with Crippen molar-refractivity contribution in [2.75, 3.05) is 6.61 Å². The van der Waals surface area contributed by atoms with Gasteiger partial charge in [0.05, 0.1) is 6.20 Å². The molecule has 0 unspecified atom stereocenters. The van der Waals surface area contributed by atoms with Gasteiger partial charge in [-0.3, -0.25) is 4.79 Å². The predicted molar refractivity (Wildman–Crippen MR) is 40.6 cm³/mol. The minimum atomic E-state index is -1.48. The third-order valence-corrected chi connectivity index (χ3v) is 1.60. The number of pyridine rings is 1. The second-order valence-electron chi connectivity index (χ2n) is 2.51. The van der Waals surface area contributed by atoms with Crippen LogP contribution in [0.2, 0.25) is 0 Å². The minimum absolute atomic E-state index is 0.144. The van der Waals surface area contributed by atoms with Crippen LogP contribution in [-0.4, -0.2) is 24.2 Å². The fourth-order valence-corrected chi connectivity index (χ4v) is 1.03. The SMILES string of the molecule is O=Cc1cc2c(cn1)OC[C@H](F)O2. The summed E-state index contributed by atoms with van der Waals surface area (Å²) in [6.45, 7) is -0.144. The van der Waals surface area contributed by atoms with E-state index in [1.165, 1.54) is 12.3 Å². The van der Waals surface area contributed by atoms with E-state index in [2.05, 4.69) is 4.98 Å². The zero-order valence-electron chi connectivity index (χ0n) is 6.57. The molecule has 1 aromatic rings. The number of hydrogen-bond donors (Lipinski definition) is 0. The highest BCUT2D eigenvalue weighted by Gasteiger charge is 2.20. The van der Waals surface area contributed by atoms with Crippen molar-refractivity contribution in [1.29, 1.82) is 0 Å². The summed E-state index contributed by atoms with van der Waals surface area (Å²) in [5, 5.41) is 0. The van der Waals surface area contributed by atoms with E-state index in [9.17, 15) is 9.18 Å². The molecule has 1 aliphatic heterocycles. The lowest BCUT2D eigenvalue weighted by Crippen LogP contribution is -2.24. The molecular formula is C8H6FNO3. The Bertz CT molecular complexity index is 342. The van der Waals surface area contributed by atoms with Crippen molar-refractivity contribution in [2.24, 2.45) is 0 Å². The van der Waals surface area contributed by atoms with Crippen LogP contribution in [0.1, 0.15) is 10.5 Å². The highest BCUT2D eigenvalue weighted by Crippen LogP contribution is 2.31. The van der Waals surface area contributed by atoms with Gasteiger partial charge in [0.25, 0.3) is 6.36 Å². The van der Waals surface area contributed by atoms with Crippen LogP contribution in [0.25, 0.3) is 0 Å². The van der Waals surface area contributed by atoms with Gasteiger partial charge in [0.15, 0.2) is 24.4 Å². The molecule has 0 spiro atoms. The van der Waals surface area contributed by atoms with Gasteiger partial charge in [-0.05, 0) is 0 Å². The van der Waals surface area contributed by atoms with Crippen molar-refractivity contribution in [3.05, 3.63) is 18.0 Å². The smallest absolute Gasteiger partial charge is 0.272 e. The molecule has 0 aromatic carbocycles. The number of carbonyl (C=O) groups is 1. The lowest BCUT2D eigenvalue weighted by atomic mass is 10.3. The number of rotatable bonds is 1. The summed E-state index contributed by atoms with van der Waals surface area (Å²) in [4.78, 5) is 14.1. The van der Waals surface area contributed by atoms with Crippen molar-refractivity contribution in [1.82, 2.24) is 4.98 Å². The summed E-state index contributed by atoms with van der Waals surface area (Å²) >= 11 is 0. The van der Waals surface area contributed by atoms with E-state index in [4.69, 9.17) is 9.47 Å². The second kappa shape index (κ2) is 3.01. The number of halogens is 1. The first kappa shape index (κ1) is 7.97. The maximum atomic E-state index is 12.6. The Kier molecular flexibility index (Phi) is 1.84. The van der Waals surface area contributed by atoms with E-state index in [1.54, 1.807) is 0 Å². The Hall–Kier alpha value is -1.65. The van der Waals surface area contributed by atoms with Crippen molar-refractivity contribution >= 4 is 6.29 Å². The number of fused-ring (bicyclic) bond motifs is 1. The fourth-order valence-electron chi connectivity index (χ4n) is 1.03. The monoisotopic (exact) mass is 183 g/mol. The van der Waals surface area contributed by atoms with E-state index in [0.29, 0.717) is 12.0 Å². The van der Waals surface area contributed by atoms with E-state index >= 15 is 0 Å². The van der Waals surface area contributed by atoms with E-state index in [0.717, 1.165) is 0 Å². The van der Waals surface area contributed by atoms with Crippen molar-refractivity contribution in [3.8, 4) is 11.5 Å². The first-order valence-electron chi connectivity index (χ1n) is 3.68.